The Hall–Kier alpha value is -3.49. The number of likely N-dealkylation sites (tertiary alicyclic amines) is 1. The number of halogens is 3. The zero-order chi connectivity index (χ0) is 22.0. The molecule has 31 heavy (non-hydrogen) atoms. The van der Waals surface area contributed by atoms with Gasteiger partial charge in [-0.05, 0) is 12.1 Å². The Bertz CT molecular complexity index is 1090. The van der Waals surface area contributed by atoms with Crippen molar-refractivity contribution < 1.29 is 27.3 Å². The lowest BCUT2D eigenvalue weighted by atomic mass is 9.98. The molecule has 0 atom stereocenters. The van der Waals surface area contributed by atoms with Crippen LogP contribution in [0.4, 0.5) is 13.2 Å². The highest BCUT2D eigenvalue weighted by atomic mass is 19.4. The number of benzene rings is 2. The molecule has 9 heteroatoms. The number of hydrogen-bond donors (Lipinski definition) is 0. The van der Waals surface area contributed by atoms with Gasteiger partial charge in [-0.2, -0.15) is 18.2 Å². The summed E-state index contributed by atoms with van der Waals surface area (Å²) in [6.45, 7) is 0.727. The first-order chi connectivity index (χ1) is 14.8. The number of nitrogens with zero attached hydrogens (tertiary/aromatic N) is 3. The number of Topliss-reactive ketones (excluding diaryl/α,β-unsaturated/α-hetero) is 1. The zero-order valence-electron chi connectivity index (χ0n) is 16.3. The van der Waals surface area contributed by atoms with E-state index in [1.165, 1.54) is 12.1 Å². The fourth-order valence-electron chi connectivity index (χ4n) is 3.34. The Labute approximate surface area is 175 Å². The fourth-order valence-corrected chi connectivity index (χ4v) is 3.34. The van der Waals surface area contributed by atoms with Gasteiger partial charge in [0.1, 0.15) is 0 Å². The van der Waals surface area contributed by atoms with Gasteiger partial charge in [0.05, 0.1) is 11.5 Å². The summed E-state index contributed by atoms with van der Waals surface area (Å²) in [5.41, 5.74) is -0.0110. The largest absolute Gasteiger partial charge is 0.416 e. The maximum Gasteiger partial charge on any atom is 0.416 e. The number of carbonyl (C=O) groups is 2. The molecule has 0 saturated carbocycles. The van der Waals surface area contributed by atoms with Crippen molar-refractivity contribution in [3.8, 4) is 11.4 Å². The number of alkyl halides is 3. The summed E-state index contributed by atoms with van der Waals surface area (Å²) in [6, 6.07) is 13.5. The maximum absolute atomic E-state index is 12.9. The number of carbonyl (C=O) groups excluding carboxylic acids is 2. The van der Waals surface area contributed by atoms with Crippen molar-refractivity contribution in [3.63, 3.8) is 0 Å². The van der Waals surface area contributed by atoms with Crippen LogP contribution < -0.4 is 0 Å². The van der Waals surface area contributed by atoms with Crippen LogP contribution in [0, 0.1) is 0 Å². The number of aromatic nitrogens is 2. The normalized spacial score (nSPS) is 14.4. The Morgan fingerprint density at radius 3 is 2.48 bits per heavy atom. The molecule has 160 valence electrons. The number of hydrogen-bond acceptors (Lipinski definition) is 5. The first-order valence-corrected chi connectivity index (χ1v) is 9.68. The standard InChI is InChI=1S/C22H18F3N3O3/c23-22(24,25)17-8-4-7-15(11-17)20-26-21(31-27-20)16-12-28(13-16)19(30)10-9-18(29)14-5-2-1-3-6-14/h1-8,11,16H,9-10,12-13H2. The van der Waals surface area contributed by atoms with E-state index in [4.69, 9.17) is 4.52 Å². The summed E-state index contributed by atoms with van der Waals surface area (Å²) < 4.78 is 43.9. The Kier molecular flexibility index (Phi) is 5.58. The van der Waals surface area contributed by atoms with Crippen LogP contribution in [0.5, 0.6) is 0 Å². The van der Waals surface area contributed by atoms with Crippen molar-refractivity contribution in [1.29, 1.82) is 0 Å². The Balaban J connectivity index is 1.31. The minimum absolute atomic E-state index is 0.0688. The van der Waals surface area contributed by atoms with Crippen LogP contribution in [0.25, 0.3) is 11.4 Å². The van der Waals surface area contributed by atoms with Gasteiger partial charge < -0.3 is 9.42 Å². The molecule has 6 nitrogen and oxygen atoms in total. The minimum Gasteiger partial charge on any atom is -0.341 e. The maximum atomic E-state index is 12.9. The average Bonchev–Trinajstić information content (AvgIpc) is 3.21. The van der Waals surface area contributed by atoms with Crippen molar-refractivity contribution in [1.82, 2.24) is 15.0 Å². The molecule has 1 amide bonds. The van der Waals surface area contributed by atoms with E-state index in [0.29, 0.717) is 18.7 Å². The van der Waals surface area contributed by atoms with Crippen LogP contribution in [0.1, 0.15) is 40.6 Å². The van der Waals surface area contributed by atoms with E-state index in [0.717, 1.165) is 12.1 Å². The number of rotatable bonds is 6. The third kappa shape index (κ3) is 4.65. The van der Waals surface area contributed by atoms with Gasteiger partial charge in [-0.15, -0.1) is 0 Å². The molecule has 0 radical (unpaired) electrons. The molecule has 1 aliphatic rings. The third-order valence-electron chi connectivity index (χ3n) is 5.14. The van der Waals surface area contributed by atoms with Crippen molar-refractivity contribution in [3.05, 3.63) is 71.6 Å². The molecule has 1 aromatic heterocycles. The fraction of sp³-hybridized carbons (Fsp3) is 0.273. The molecular formula is C22H18F3N3O3. The van der Waals surface area contributed by atoms with E-state index < -0.39 is 11.7 Å². The summed E-state index contributed by atoms with van der Waals surface area (Å²) in [6.07, 6.45) is -4.22. The van der Waals surface area contributed by atoms with Crippen LogP contribution >= 0.6 is 0 Å². The summed E-state index contributed by atoms with van der Waals surface area (Å²) in [4.78, 5) is 30.2. The van der Waals surface area contributed by atoms with Crippen molar-refractivity contribution in [2.45, 2.75) is 24.9 Å². The monoisotopic (exact) mass is 429 g/mol. The second-order valence-corrected chi connectivity index (χ2v) is 7.32. The second kappa shape index (κ2) is 8.33. The highest BCUT2D eigenvalue weighted by molar-refractivity contribution is 5.97. The van der Waals surface area contributed by atoms with E-state index in [-0.39, 0.29) is 47.7 Å². The van der Waals surface area contributed by atoms with Crippen molar-refractivity contribution in [2.24, 2.45) is 0 Å². The van der Waals surface area contributed by atoms with Crippen molar-refractivity contribution in [2.75, 3.05) is 13.1 Å². The summed E-state index contributed by atoms with van der Waals surface area (Å²) in [7, 11) is 0. The first kappa shape index (κ1) is 20.8. The van der Waals surface area contributed by atoms with Crippen LogP contribution in [0.15, 0.2) is 59.1 Å². The number of ketones is 1. The summed E-state index contributed by atoms with van der Waals surface area (Å²) >= 11 is 0. The molecule has 2 aromatic carbocycles. The van der Waals surface area contributed by atoms with Gasteiger partial charge in [0, 0.05) is 37.1 Å². The van der Waals surface area contributed by atoms with Crippen LogP contribution in [-0.4, -0.2) is 39.8 Å². The van der Waals surface area contributed by atoms with Crippen LogP contribution in [0.2, 0.25) is 0 Å². The Morgan fingerprint density at radius 2 is 1.77 bits per heavy atom. The molecule has 1 fully saturated rings. The predicted octanol–water partition coefficient (Wildman–Crippen LogP) is 4.34. The molecule has 0 aliphatic carbocycles. The molecule has 1 aliphatic heterocycles. The quantitative estimate of drug-likeness (QED) is 0.545. The van der Waals surface area contributed by atoms with E-state index in [1.54, 1.807) is 29.2 Å². The third-order valence-corrected chi connectivity index (χ3v) is 5.14. The van der Waals surface area contributed by atoms with Gasteiger partial charge in [0.25, 0.3) is 0 Å². The first-order valence-electron chi connectivity index (χ1n) is 9.68. The van der Waals surface area contributed by atoms with Gasteiger partial charge >= 0.3 is 6.18 Å². The lowest BCUT2D eigenvalue weighted by Gasteiger charge is -2.37. The lowest BCUT2D eigenvalue weighted by molar-refractivity contribution is -0.137. The highest BCUT2D eigenvalue weighted by Gasteiger charge is 2.36. The van der Waals surface area contributed by atoms with E-state index in [2.05, 4.69) is 10.1 Å². The second-order valence-electron chi connectivity index (χ2n) is 7.32. The van der Waals surface area contributed by atoms with Gasteiger partial charge in [0.2, 0.25) is 17.6 Å². The topological polar surface area (TPSA) is 76.3 Å². The molecule has 0 spiro atoms. The smallest absolute Gasteiger partial charge is 0.341 e. The highest BCUT2D eigenvalue weighted by Crippen LogP contribution is 2.32. The van der Waals surface area contributed by atoms with Gasteiger partial charge in [0.15, 0.2) is 5.78 Å². The van der Waals surface area contributed by atoms with Crippen LogP contribution in [0.3, 0.4) is 0 Å². The average molecular weight is 429 g/mol. The van der Waals surface area contributed by atoms with Crippen LogP contribution in [-0.2, 0) is 11.0 Å². The van der Waals surface area contributed by atoms with E-state index in [1.807, 2.05) is 6.07 Å². The van der Waals surface area contributed by atoms with Gasteiger partial charge in [-0.25, -0.2) is 0 Å². The van der Waals surface area contributed by atoms with Gasteiger partial charge in [-0.3, -0.25) is 9.59 Å². The SMILES string of the molecule is O=C(CCC(=O)N1CC(c2nc(-c3cccc(C(F)(F)F)c3)no2)C1)c1ccccc1. The molecule has 0 unspecified atom stereocenters. The lowest BCUT2D eigenvalue weighted by Crippen LogP contribution is -2.48. The van der Waals surface area contributed by atoms with Gasteiger partial charge in [-0.1, -0.05) is 47.6 Å². The zero-order valence-corrected chi connectivity index (χ0v) is 16.3. The predicted molar refractivity (Wildman–Crippen MR) is 104 cm³/mol. The summed E-state index contributed by atoms with van der Waals surface area (Å²) in [5, 5.41) is 3.77. The van der Waals surface area contributed by atoms with Crippen molar-refractivity contribution >= 4 is 11.7 Å². The van der Waals surface area contributed by atoms with E-state index in [9.17, 15) is 22.8 Å². The molecule has 0 bridgehead atoms. The molecule has 2 heterocycles. The Morgan fingerprint density at radius 1 is 1.03 bits per heavy atom. The number of amides is 1. The molecule has 4 rings (SSSR count). The molecule has 0 N–H and O–H groups in total. The molecular weight excluding hydrogens is 411 g/mol. The molecule has 3 aromatic rings. The minimum atomic E-state index is -4.46. The molecule has 1 saturated heterocycles. The van der Waals surface area contributed by atoms with E-state index >= 15 is 0 Å². The summed E-state index contributed by atoms with van der Waals surface area (Å²) in [5.74, 6) is -0.0659.